The number of benzene rings is 1. The molecule has 0 aliphatic carbocycles. The molecule has 0 spiro atoms. The van der Waals surface area contributed by atoms with Crippen LogP contribution in [-0.2, 0) is 14.6 Å². The second kappa shape index (κ2) is 6.89. The maximum atomic E-state index is 13.6. The molecule has 128 valence electrons. The molecule has 10 heteroatoms. The van der Waals surface area contributed by atoms with Gasteiger partial charge in [-0.1, -0.05) is 23.9 Å². The third kappa shape index (κ3) is 4.12. The first-order valence-electron chi connectivity index (χ1n) is 7.14. The zero-order valence-electron chi connectivity index (χ0n) is 12.4. The second-order valence-corrected chi connectivity index (χ2v) is 8.46. The molecule has 1 N–H and O–H groups in total. The van der Waals surface area contributed by atoms with Crippen LogP contribution in [0.3, 0.4) is 0 Å². The van der Waals surface area contributed by atoms with E-state index in [0.717, 1.165) is 11.8 Å². The zero-order valence-corrected chi connectivity index (χ0v) is 14.1. The van der Waals surface area contributed by atoms with Gasteiger partial charge < -0.3 is 9.73 Å². The third-order valence-electron chi connectivity index (χ3n) is 3.44. The lowest BCUT2D eigenvalue weighted by atomic mass is 10.2. The monoisotopic (exact) mass is 371 g/mol. The van der Waals surface area contributed by atoms with Gasteiger partial charge in [-0.3, -0.25) is 4.79 Å². The van der Waals surface area contributed by atoms with Crippen LogP contribution in [0.15, 0.2) is 33.9 Å². The molecule has 3 rings (SSSR count). The van der Waals surface area contributed by atoms with Crippen molar-refractivity contribution in [3.05, 3.63) is 30.1 Å². The Balaban J connectivity index is 1.54. The number of sulfone groups is 1. The molecule has 1 aliphatic heterocycles. The molecule has 1 aromatic heterocycles. The summed E-state index contributed by atoms with van der Waals surface area (Å²) in [6.07, 6.45) is 0.427. The van der Waals surface area contributed by atoms with E-state index in [1.807, 2.05) is 0 Å². The molecule has 1 aromatic carbocycles. The Hall–Kier alpha value is -1.94. The molecule has 0 saturated carbocycles. The summed E-state index contributed by atoms with van der Waals surface area (Å²) < 4.78 is 41.7. The van der Waals surface area contributed by atoms with Crippen LogP contribution >= 0.6 is 11.8 Å². The highest BCUT2D eigenvalue weighted by Gasteiger charge is 2.28. The topological polar surface area (TPSA) is 102 Å². The SMILES string of the molecule is O=C(CSc1nnc(-c2ccccc2F)o1)N[C@@H]1CCS(=O)(=O)C1. The van der Waals surface area contributed by atoms with Gasteiger partial charge >= 0.3 is 0 Å². The van der Waals surface area contributed by atoms with E-state index < -0.39 is 15.7 Å². The van der Waals surface area contributed by atoms with Crippen molar-refractivity contribution in [2.45, 2.75) is 17.7 Å². The third-order valence-corrected chi connectivity index (χ3v) is 6.02. The van der Waals surface area contributed by atoms with Crippen LogP contribution < -0.4 is 5.32 Å². The van der Waals surface area contributed by atoms with Crippen LogP contribution in [0.1, 0.15) is 6.42 Å². The minimum atomic E-state index is -3.04. The summed E-state index contributed by atoms with van der Waals surface area (Å²) in [7, 11) is -3.04. The summed E-state index contributed by atoms with van der Waals surface area (Å²) in [5.74, 6) is -0.666. The Morgan fingerprint density at radius 3 is 2.88 bits per heavy atom. The highest BCUT2D eigenvalue weighted by molar-refractivity contribution is 7.99. The zero-order chi connectivity index (χ0) is 17.2. The summed E-state index contributed by atoms with van der Waals surface area (Å²) in [5, 5.41) is 10.3. The molecule has 1 atom stereocenters. The molecule has 0 bridgehead atoms. The molecule has 2 aromatic rings. The van der Waals surface area contributed by atoms with E-state index >= 15 is 0 Å². The van der Waals surface area contributed by atoms with E-state index in [9.17, 15) is 17.6 Å². The summed E-state index contributed by atoms with van der Waals surface area (Å²) >= 11 is 1.01. The molecular formula is C14H14FN3O4S2. The number of carbonyl (C=O) groups excluding carboxylic acids is 1. The van der Waals surface area contributed by atoms with Crippen molar-refractivity contribution in [3.63, 3.8) is 0 Å². The first-order chi connectivity index (χ1) is 11.4. The molecule has 24 heavy (non-hydrogen) atoms. The van der Waals surface area contributed by atoms with Crippen molar-refractivity contribution in [1.82, 2.24) is 15.5 Å². The predicted octanol–water partition coefficient (Wildman–Crippen LogP) is 1.27. The Kier molecular flexibility index (Phi) is 4.86. The van der Waals surface area contributed by atoms with Gasteiger partial charge in [0, 0.05) is 6.04 Å². The van der Waals surface area contributed by atoms with Crippen molar-refractivity contribution in [3.8, 4) is 11.5 Å². The molecule has 1 saturated heterocycles. The number of carbonyl (C=O) groups is 1. The van der Waals surface area contributed by atoms with Gasteiger partial charge in [0.25, 0.3) is 11.1 Å². The van der Waals surface area contributed by atoms with Crippen LogP contribution in [0.2, 0.25) is 0 Å². The van der Waals surface area contributed by atoms with Gasteiger partial charge in [-0.05, 0) is 18.6 Å². The first-order valence-corrected chi connectivity index (χ1v) is 9.95. The van der Waals surface area contributed by atoms with Crippen molar-refractivity contribution in [1.29, 1.82) is 0 Å². The Morgan fingerprint density at radius 2 is 2.17 bits per heavy atom. The van der Waals surface area contributed by atoms with Crippen LogP contribution in [0.25, 0.3) is 11.5 Å². The van der Waals surface area contributed by atoms with Gasteiger partial charge in [0.2, 0.25) is 5.91 Å². The lowest BCUT2D eigenvalue weighted by Crippen LogP contribution is -2.36. The van der Waals surface area contributed by atoms with Crippen LogP contribution in [0, 0.1) is 5.82 Å². The number of nitrogens with one attached hydrogen (secondary N) is 1. The molecule has 1 fully saturated rings. The van der Waals surface area contributed by atoms with Gasteiger partial charge in [0.05, 0.1) is 22.8 Å². The minimum Gasteiger partial charge on any atom is -0.411 e. The average Bonchev–Trinajstić information content (AvgIpc) is 3.12. The fourth-order valence-corrected chi connectivity index (χ4v) is 4.56. The van der Waals surface area contributed by atoms with E-state index in [4.69, 9.17) is 4.42 Å². The van der Waals surface area contributed by atoms with Crippen LogP contribution in [0.5, 0.6) is 0 Å². The summed E-state index contributed by atoms with van der Waals surface area (Å²) in [5.41, 5.74) is 0.192. The van der Waals surface area contributed by atoms with Crippen LogP contribution in [-0.4, -0.2) is 47.8 Å². The largest absolute Gasteiger partial charge is 0.411 e. The number of amides is 1. The van der Waals surface area contributed by atoms with E-state index in [-0.39, 0.29) is 45.9 Å². The van der Waals surface area contributed by atoms with Gasteiger partial charge in [-0.25, -0.2) is 12.8 Å². The maximum Gasteiger partial charge on any atom is 0.277 e. The fourth-order valence-electron chi connectivity index (χ4n) is 2.32. The number of halogens is 1. The molecule has 7 nitrogen and oxygen atoms in total. The van der Waals surface area contributed by atoms with E-state index in [1.54, 1.807) is 12.1 Å². The smallest absolute Gasteiger partial charge is 0.277 e. The molecule has 0 unspecified atom stereocenters. The minimum absolute atomic E-state index is 0.00938. The lowest BCUT2D eigenvalue weighted by Gasteiger charge is -2.09. The highest BCUT2D eigenvalue weighted by Crippen LogP contribution is 2.25. The average molecular weight is 371 g/mol. The number of hydrogen-bond acceptors (Lipinski definition) is 7. The number of thioether (sulfide) groups is 1. The number of hydrogen-bond donors (Lipinski definition) is 1. The normalized spacial score (nSPS) is 19.3. The van der Waals surface area contributed by atoms with Gasteiger partial charge in [-0.2, -0.15) is 0 Å². The second-order valence-electron chi connectivity index (χ2n) is 5.31. The van der Waals surface area contributed by atoms with Crippen molar-refractivity contribution in [2.75, 3.05) is 17.3 Å². The molecule has 0 radical (unpaired) electrons. The number of nitrogens with zero attached hydrogens (tertiary/aromatic N) is 2. The van der Waals surface area contributed by atoms with E-state index in [0.29, 0.717) is 6.42 Å². The van der Waals surface area contributed by atoms with Crippen molar-refractivity contribution in [2.24, 2.45) is 0 Å². The van der Waals surface area contributed by atoms with E-state index in [1.165, 1.54) is 12.1 Å². The van der Waals surface area contributed by atoms with Crippen LogP contribution in [0.4, 0.5) is 4.39 Å². The maximum absolute atomic E-state index is 13.6. The van der Waals surface area contributed by atoms with Gasteiger partial charge in [0.15, 0.2) is 9.84 Å². The number of aromatic nitrogens is 2. The molecule has 1 aliphatic rings. The Morgan fingerprint density at radius 1 is 1.38 bits per heavy atom. The van der Waals surface area contributed by atoms with Crippen molar-refractivity contribution >= 4 is 27.5 Å². The molecular weight excluding hydrogens is 357 g/mol. The Bertz CT molecular complexity index is 853. The number of rotatable bonds is 5. The molecule has 1 amide bonds. The lowest BCUT2D eigenvalue weighted by molar-refractivity contribution is -0.119. The van der Waals surface area contributed by atoms with Gasteiger partial charge in [0.1, 0.15) is 5.82 Å². The standard InChI is InChI=1S/C14H14FN3O4S2/c15-11-4-2-1-3-10(11)13-17-18-14(22-13)23-7-12(19)16-9-5-6-24(20,21)8-9/h1-4,9H,5-8H2,(H,16,19)/t9-/m1/s1. The van der Waals surface area contributed by atoms with Gasteiger partial charge in [-0.15, -0.1) is 10.2 Å². The highest BCUT2D eigenvalue weighted by atomic mass is 32.2. The summed E-state index contributed by atoms with van der Waals surface area (Å²) in [6.45, 7) is 0. The predicted molar refractivity (Wildman–Crippen MR) is 85.6 cm³/mol. The van der Waals surface area contributed by atoms with Crippen molar-refractivity contribution < 1.29 is 22.0 Å². The summed E-state index contributed by atoms with van der Waals surface area (Å²) in [4.78, 5) is 11.8. The molecule has 2 heterocycles. The summed E-state index contributed by atoms with van der Waals surface area (Å²) in [6, 6.07) is 5.66. The Labute approximate surface area is 141 Å². The van der Waals surface area contributed by atoms with E-state index in [2.05, 4.69) is 15.5 Å². The quantitative estimate of drug-likeness (QED) is 0.790. The first kappa shape index (κ1) is 16.9. The fraction of sp³-hybridized carbons (Fsp3) is 0.357.